The fraction of sp³-hybridized carbons (Fsp3) is 0.111. The van der Waals surface area contributed by atoms with Crippen LogP contribution in [0.5, 0.6) is 5.75 Å². The van der Waals surface area contributed by atoms with Gasteiger partial charge in [-0.25, -0.2) is 4.98 Å². The largest absolute Gasteiger partial charge is 0.486 e. The lowest BCUT2D eigenvalue weighted by Crippen LogP contribution is -2.14. The molecule has 192 valence electrons. The molecule has 0 atom stereocenters. The fourth-order valence-electron chi connectivity index (χ4n) is 3.54. The first kappa shape index (κ1) is 26.2. The number of rotatable bonds is 10. The molecule has 0 unspecified atom stereocenters. The minimum absolute atomic E-state index is 0.148. The molecule has 0 radical (unpaired) electrons. The van der Waals surface area contributed by atoms with Gasteiger partial charge in [0, 0.05) is 33.2 Å². The number of thiazole rings is 1. The van der Waals surface area contributed by atoms with Gasteiger partial charge in [0.25, 0.3) is 0 Å². The number of aromatic nitrogens is 4. The molecule has 5 aromatic rings. The third-order valence-electron chi connectivity index (χ3n) is 5.32. The molecule has 0 aliphatic heterocycles. The Hall–Kier alpha value is -3.37. The second-order valence-electron chi connectivity index (χ2n) is 8.08. The lowest BCUT2D eigenvalue weighted by Gasteiger charge is -2.11. The van der Waals surface area contributed by atoms with E-state index in [9.17, 15) is 4.79 Å². The Bertz CT molecular complexity index is 1510. The average Bonchev–Trinajstić information content (AvgIpc) is 3.55. The van der Waals surface area contributed by atoms with Gasteiger partial charge in [-0.3, -0.25) is 9.36 Å². The van der Waals surface area contributed by atoms with Gasteiger partial charge in [-0.05, 0) is 54.1 Å². The number of benzene rings is 3. The molecule has 5 rings (SSSR count). The van der Waals surface area contributed by atoms with Crippen molar-refractivity contribution in [3.63, 3.8) is 0 Å². The molecule has 0 bridgehead atoms. The van der Waals surface area contributed by atoms with Crippen LogP contribution >= 0.6 is 46.3 Å². The molecule has 0 aliphatic carbocycles. The zero-order chi connectivity index (χ0) is 26.3. The number of ether oxygens (including phenoxy) is 1. The van der Waals surface area contributed by atoms with E-state index in [1.807, 2.05) is 59.2 Å². The van der Waals surface area contributed by atoms with Crippen LogP contribution in [0, 0.1) is 0 Å². The number of carbonyl (C=O) groups is 1. The molecule has 2 heterocycles. The van der Waals surface area contributed by atoms with Crippen LogP contribution in [-0.2, 0) is 17.8 Å². The molecule has 2 aromatic heterocycles. The quantitative estimate of drug-likeness (QED) is 0.180. The standard InChI is InChI=1S/C27H21Cl2N5O2S2/c28-19-8-6-18(7-9-19)14-23-15-30-26(38-23)31-25(35)17-37-27-33-32-24(34(27)21-4-2-1-3-5-21)16-36-22-12-10-20(29)11-13-22/h1-13,15H,14,16-17H2,(H,30,31,35). The van der Waals surface area contributed by atoms with Gasteiger partial charge in [0.1, 0.15) is 12.4 Å². The summed E-state index contributed by atoms with van der Waals surface area (Å²) in [5.74, 6) is 1.25. The smallest absolute Gasteiger partial charge is 0.236 e. The van der Waals surface area contributed by atoms with Gasteiger partial charge in [0.05, 0.1) is 5.75 Å². The first-order valence-corrected chi connectivity index (χ1v) is 14.1. The highest BCUT2D eigenvalue weighted by molar-refractivity contribution is 7.99. The molecule has 1 amide bonds. The van der Waals surface area contributed by atoms with Gasteiger partial charge in [-0.1, -0.05) is 65.3 Å². The number of hydrogen-bond donors (Lipinski definition) is 1. The zero-order valence-electron chi connectivity index (χ0n) is 19.9. The number of para-hydroxylation sites is 1. The summed E-state index contributed by atoms with van der Waals surface area (Å²) in [6.45, 7) is 0.200. The summed E-state index contributed by atoms with van der Waals surface area (Å²) in [7, 11) is 0. The van der Waals surface area contributed by atoms with Crippen molar-refractivity contribution < 1.29 is 9.53 Å². The maximum absolute atomic E-state index is 12.7. The number of hydrogen-bond acceptors (Lipinski definition) is 7. The summed E-state index contributed by atoms with van der Waals surface area (Å²) in [4.78, 5) is 18.1. The Kier molecular flexibility index (Phi) is 8.60. The SMILES string of the molecule is O=C(CSc1nnc(COc2ccc(Cl)cc2)n1-c1ccccc1)Nc1ncc(Cc2ccc(Cl)cc2)s1. The van der Waals surface area contributed by atoms with Crippen molar-refractivity contribution in [3.8, 4) is 11.4 Å². The van der Waals surface area contributed by atoms with Crippen LogP contribution in [-0.4, -0.2) is 31.4 Å². The van der Waals surface area contributed by atoms with E-state index in [2.05, 4.69) is 20.5 Å². The van der Waals surface area contributed by atoms with Gasteiger partial charge < -0.3 is 10.1 Å². The number of carbonyl (C=O) groups excluding carboxylic acids is 1. The highest BCUT2D eigenvalue weighted by Crippen LogP contribution is 2.25. The van der Waals surface area contributed by atoms with Gasteiger partial charge in [-0.2, -0.15) is 0 Å². The van der Waals surface area contributed by atoms with E-state index in [1.165, 1.54) is 23.1 Å². The van der Waals surface area contributed by atoms with Crippen LogP contribution in [0.4, 0.5) is 5.13 Å². The van der Waals surface area contributed by atoms with Crippen molar-refractivity contribution >= 4 is 57.3 Å². The van der Waals surface area contributed by atoms with E-state index in [0.717, 1.165) is 22.5 Å². The molecule has 3 aromatic carbocycles. The molecule has 0 fully saturated rings. The maximum Gasteiger partial charge on any atom is 0.236 e. The molecule has 0 saturated carbocycles. The third kappa shape index (κ3) is 6.93. The average molecular weight is 583 g/mol. The molecule has 0 spiro atoms. The van der Waals surface area contributed by atoms with Crippen molar-refractivity contribution in [1.29, 1.82) is 0 Å². The Morgan fingerprint density at radius 3 is 2.39 bits per heavy atom. The van der Waals surface area contributed by atoms with E-state index in [-0.39, 0.29) is 18.3 Å². The van der Waals surface area contributed by atoms with E-state index < -0.39 is 0 Å². The first-order valence-electron chi connectivity index (χ1n) is 11.5. The molecule has 0 aliphatic rings. The summed E-state index contributed by atoms with van der Waals surface area (Å²) < 4.78 is 7.78. The van der Waals surface area contributed by atoms with E-state index in [0.29, 0.717) is 31.9 Å². The van der Waals surface area contributed by atoms with Crippen molar-refractivity contribution in [1.82, 2.24) is 19.7 Å². The second-order valence-corrected chi connectivity index (χ2v) is 11.0. The number of halogens is 2. The normalized spacial score (nSPS) is 10.9. The maximum atomic E-state index is 12.7. The summed E-state index contributed by atoms with van der Waals surface area (Å²) >= 11 is 14.7. The molecule has 11 heteroatoms. The van der Waals surface area contributed by atoms with E-state index in [1.54, 1.807) is 30.5 Å². The Morgan fingerprint density at radius 2 is 1.66 bits per heavy atom. The lowest BCUT2D eigenvalue weighted by molar-refractivity contribution is -0.113. The number of nitrogens with zero attached hydrogens (tertiary/aromatic N) is 4. The van der Waals surface area contributed by atoms with Crippen LogP contribution < -0.4 is 10.1 Å². The van der Waals surface area contributed by atoms with Crippen LogP contribution in [0.25, 0.3) is 5.69 Å². The van der Waals surface area contributed by atoms with Crippen LogP contribution in [0.15, 0.2) is 90.2 Å². The van der Waals surface area contributed by atoms with Crippen LogP contribution in [0.3, 0.4) is 0 Å². The van der Waals surface area contributed by atoms with Gasteiger partial charge in [0.2, 0.25) is 5.91 Å². The topological polar surface area (TPSA) is 81.9 Å². The third-order valence-corrected chi connectivity index (χ3v) is 7.67. The highest BCUT2D eigenvalue weighted by atomic mass is 35.5. The van der Waals surface area contributed by atoms with Gasteiger partial charge in [0.15, 0.2) is 16.1 Å². The summed E-state index contributed by atoms with van der Waals surface area (Å²) in [5.41, 5.74) is 2.00. The monoisotopic (exact) mass is 581 g/mol. The van der Waals surface area contributed by atoms with Crippen LogP contribution in [0.1, 0.15) is 16.3 Å². The number of amides is 1. The second kappa shape index (κ2) is 12.4. The van der Waals surface area contributed by atoms with Crippen molar-refractivity contribution in [2.75, 3.05) is 11.1 Å². The van der Waals surface area contributed by atoms with Crippen LogP contribution in [0.2, 0.25) is 10.0 Å². The highest BCUT2D eigenvalue weighted by Gasteiger charge is 2.17. The van der Waals surface area contributed by atoms with E-state index in [4.69, 9.17) is 27.9 Å². The predicted octanol–water partition coefficient (Wildman–Crippen LogP) is 6.93. The lowest BCUT2D eigenvalue weighted by atomic mass is 10.1. The summed E-state index contributed by atoms with van der Waals surface area (Å²) in [6.07, 6.45) is 2.50. The number of thioether (sulfide) groups is 1. The van der Waals surface area contributed by atoms with Crippen molar-refractivity contribution in [2.45, 2.75) is 18.2 Å². The zero-order valence-corrected chi connectivity index (χ0v) is 23.0. The predicted molar refractivity (Wildman–Crippen MR) is 153 cm³/mol. The number of nitrogens with one attached hydrogen (secondary N) is 1. The van der Waals surface area contributed by atoms with Crippen molar-refractivity contribution in [2.24, 2.45) is 0 Å². The first-order chi connectivity index (χ1) is 18.5. The molecular weight excluding hydrogens is 561 g/mol. The summed E-state index contributed by atoms with van der Waals surface area (Å²) in [5, 5.41) is 14.0. The molecule has 1 N–H and O–H groups in total. The summed E-state index contributed by atoms with van der Waals surface area (Å²) in [6, 6.07) is 24.5. The minimum Gasteiger partial charge on any atom is -0.486 e. The molecule has 0 saturated heterocycles. The number of anilines is 1. The fourth-order valence-corrected chi connectivity index (χ4v) is 5.42. The molecule has 7 nitrogen and oxygen atoms in total. The Balaban J connectivity index is 1.23. The molecular formula is C27H21Cl2N5O2S2. The van der Waals surface area contributed by atoms with E-state index >= 15 is 0 Å². The van der Waals surface area contributed by atoms with Gasteiger partial charge >= 0.3 is 0 Å². The Morgan fingerprint density at radius 1 is 0.947 bits per heavy atom. The molecule has 38 heavy (non-hydrogen) atoms. The van der Waals surface area contributed by atoms with Crippen molar-refractivity contribution in [3.05, 3.63) is 111 Å². The Labute approximate surface area is 237 Å². The van der Waals surface area contributed by atoms with Gasteiger partial charge in [-0.15, -0.1) is 21.5 Å². The minimum atomic E-state index is -0.177.